The lowest BCUT2D eigenvalue weighted by Crippen LogP contribution is -2.46. The van der Waals surface area contributed by atoms with E-state index in [1.165, 1.54) is 5.69 Å². The molecule has 30 heavy (non-hydrogen) atoms. The molecule has 0 N–H and O–H groups in total. The lowest BCUT2D eigenvalue weighted by Gasteiger charge is -2.36. The van der Waals surface area contributed by atoms with E-state index in [2.05, 4.69) is 32.1 Å². The van der Waals surface area contributed by atoms with Gasteiger partial charge in [-0.1, -0.05) is 18.2 Å². The van der Waals surface area contributed by atoms with Crippen molar-refractivity contribution in [3.05, 3.63) is 54.4 Å². The van der Waals surface area contributed by atoms with E-state index < -0.39 is 0 Å². The summed E-state index contributed by atoms with van der Waals surface area (Å²) < 4.78 is 16.9. The summed E-state index contributed by atoms with van der Waals surface area (Å²) in [6.45, 7) is 7.60. The van der Waals surface area contributed by atoms with Crippen molar-refractivity contribution in [3.8, 4) is 23.0 Å². The molecular weight excluding hydrogens is 380 g/mol. The Morgan fingerprint density at radius 2 is 1.83 bits per heavy atom. The van der Waals surface area contributed by atoms with Crippen LogP contribution in [-0.4, -0.2) is 61.5 Å². The summed E-state index contributed by atoms with van der Waals surface area (Å²) in [5.41, 5.74) is 2.06. The van der Waals surface area contributed by atoms with Crippen molar-refractivity contribution in [2.45, 2.75) is 13.3 Å². The molecule has 4 rings (SSSR count). The predicted molar refractivity (Wildman–Crippen MR) is 116 cm³/mol. The van der Waals surface area contributed by atoms with E-state index in [1.807, 2.05) is 36.4 Å². The fourth-order valence-electron chi connectivity index (χ4n) is 3.71. The molecule has 0 atom stereocenters. The average molecular weight is 409 g/mol. The number of hydrogen-bond donors (Lipinski definition) is 0. The van der Waals surface area contributed by atoms with Gasteiger partial charge in [0, 0.05) is 45.2 Å². The van der Waals surface area contributed by atoms with E-state index in [-0.39, 0.29) is 0 Å². The van der Waals surface area contributed by atoms with E-state index in [4.69, 9.17) is 13.9 Å². The van der Waals surface area contributed by atoms with Crippen molar-refractivity contribution in [1.82, 2.24) is 15.1 Å². The van der Waals surface area contributed by atoms with Crippen LogP contribution >= 0.6 is 0 Å². The Labute approximate surface area is 177 Å². The second kappa shape index (κ2) is 9.63. The van der Waals surface area contributed by atoms with Crippen LogP contribution in [0.3, 0.4) is 0 Å². The summed E-state index contributed by atoms with van der Waals surface area (Å²) in [6.07, 6.45) is 0.985. The van der Waals surface area contributed by atoms with Gasteiger partial charge in [-0.25, -0.2) is 0 Å². The lowest BCUT2D eigenvalue weighted by molar-refractivity contribution is 0.224. The Morgan fingerprint density at radius 3 is 2.60 bits per heavy atom. The van der Waals surface area contributed by atoms with Crippen LogP contribution in [0.15, 0.2) is 52.9 Å². The van der Waals surface area contributed by atoms with Gasteiger partial charge in [0.1, 0.15) is 11.5 Å². The lowest BCUT2D eigenvalue weighted by atomic mass is 10.2. The molecule has 0 spiro atoms. The molecule has 1 aliphatic rings. The fourth-order valence-corrected chi connectivity index (χ4v) is 3.71. The number of para-hydroxylation sites is 2. The van der Waals surface area contributed by atoms with Gasteiger partial charge in [-0.15, -0.1) is 10.2 Å². The minimum absolute atomic E-state index is 0.519. The highest BCUT2D eigenvalue weighted by Gasteiger charge is 2.19. The third-order valence-electron chi connectivity index (χ3n) is 5.29. The minimum atomic E-state index is 0.519. The van der Waals surface area contributed by atoms with Crippen molar-refractivity contribution in [3.63, 3.8) is 0 Å². The molecule has 2 aromatic carbocycles. The van der Waals surface area contributed by atoms with Gasteiger partial charge < -0.3 is 18.8 Å². The van der Waals surface area contributed by atoms with Gasteiger partial charge in [0.2, 0.25) is 11.8 Å². The van der Waals surface area contributed by atoms with Crippen LogP contribution in [0.4, 0.5) is 5.69 Å². The average Bonchev–Trinajstić information content (AvgIpc) is 3.24. The summed E-state index contributed by atoms with van der Waals surface area (Å²) in [6, 6.07) is 16.0. The zero-order chi connectivity index (χ0) is 20.8. The zero-order valence-electron chi connectivity index (χ0n) is 17.6. The SMILES string of the molecule is COc1ccccc1N1CCN(CCCOc2cccc(-c3nnc(C)o3)c2)CC1. The maximum Gasteiger partial charge on any atom is 0.247 e. The molecule has 3 aromatic rings. The first-order valence-electron chi connectivity index (χ1n) is 10.4. The first-order valence-corrected chi connectivity index (χ1v) is 10.4. The van der Waals surface area contributed by atoms with Gasteiger partial charge in [-0.2, -0.15) is 0 Å². The summed E-state index contributed by atoms with van der Waals surface area (Å²) in [5.74, 6) is 2.84. The molecule has 0 unspecified atom stereocenters. The normalized spacial score (nSPS) is 14.7. The van der Waals surface area contributed by atoms with Crippen LogP contribution in [0.2, 0.25) is 0 Å². The maximum absolute atomic E-state index is 5.94. The topological polar surface area (TPSA) is 63.9 Å². The number of nitrogens with zero attached hydrogens (tertiary/aromatic N) is 4. The summed E-state index contributed by atoms with van der Waals surface area (Å²) in [5, 5.41) is 7.94. The molecule has 1 aromatic heterocycles. The summed E-state index contributed by atoms with van der Waals surface area (Å²) in [7, 11) is 1.73. The Hall–Kier alpha value is -3.06. The Morgan fingerprint density at radius 1 is 1.00 bits per heavy atom. The number of hydrogen-bond acceptors (Lipinski definition) is 7. The smallest absolute Gasteiger partial charge is 0.247 e. The van der Waals surface area contributed by atoms with Crippen molar-refractivity contribution >= 4 is 5.69 Å². The van der Waals surface area contributed by atoms with E-state index in [1.54, 1.807) is 14.0 Å². The van der Waals surface area contributed by atoms with E-state index in [9.17, 15) is 0 Å². The third kappa shape index (κ3) is 4.91. The number of rotatable bonds is 8. The monoisotopic (exact) mass is 408 g/mol. The molecule has 0 saturated carbocycles. The third-order valence-corrected chi connectivity index (χ3v) is 5.29. The molecule has 2 heterocycles. The Balaban J connectivity index is 1.21. The van der Waals surface area contributed by atoms with Crippen LogP contribution in [0.1, 0.15) is 12.3 Å². The standard InChI is InChI=1S/C23H28N4O3/c1-18-24-25-23(30-18)19-7-5-8-20(17-19)29-16-6-11-26-12-14-27(15-13-26)21-9-3-4-10-22(21)28-2/h3-5,7-10,17H,6,11-16H2,1-2H3. The van der Waals surface area contributed by atoms with Crippen LogP contribution < -0.4 is 14.4 Å². The van der Waals surface area contributed by atoms with Crippen LogP contribution in [0.25, 0.3) is 11.5 Å². The largest absolute Gasteiger partial charge is 0.495 e. The second-order valence-corrected chi connectivity index (χ2v) is 7.36. The van der Waals surface area contributed by atoms with Crippen molar-refractivity contribution in [1.29, 1.82) is 0 Å². The highest BCUT2D eigenvalue weighted by molar-refractivity contribution is 5.58. The number of aryl methyl sites for hydroxylation is 1. The number of piperazine rings is 1. The summed E-state index contributed by atoms with van der Waals surface area (Å²) in [4.78, 5) is 4.89. The maximum atomic E-state index is 5.94. The van der Waals surface area contributed by atoms with Crippen molar-refractivity contribution < 1.29 is 13.9 Å². The molecule has 1 saturated heterocycles. The van der Waals surface area contributed by atoms with Gasteiger partial charge in [-0.05, 0) is 36.8 Å². The molecule has 1 fully saturated rings. The molecule has 7 nitrogen and oxygen atoms in total. The van der Waals surface area contributed by atoms with Crippen LogP contribution in [0, 0.1) is 6.92 Å². The quantitative estimate of drug-likeness (QED) is 0.527. The molecule has 7 heteroatoms. The Bertz CT molecular complexity index is 951. The van der Waals surface area contributed by atoms with Crippen molar-refractivity contribution in [2.24, 2.45) is 0 Å². The minimum Gasteiger partial charge on any atom is -0.495 e. The van der Waals surface area contributed by atoms with E-state index in [0.29, 0.717) is 18.4 Å². The van der Waals surface area contributed by atoms with Gasteiger partial charge in [0.25, 0.3) is 0 Å². The fraction of sp³-hybridized carbons (Fsp3) is 0.391. The zero-order valence-corrected chi connectivity index (χ0v) is 17.6. The second-order valence-electron chi connectivity index (χ2n) is 7.36. The Kier molecular flexibility index (Phi) is 6.49. The molecule has 0 radical (unpaired) electrons. The molecule has 158 valence electrons. The van der Waals surface area contributed by atoms with Gasteiger partial charge in [0.05, 0.1) is 19.4 Å². The van der Waals surface area contributed by atoms with E-state index >= 15 is 0 Å². The number of ether oxygens (including phenoxy) is 2. The number of methoxy groups -OCH3 is 1. The highest BCUT2D eigenvalue weighted by Crippen LogP contribution is 2.28. The molecule has 0 bridgehead atoms. The van der Waals surface area contributed by atoms with E-state index in [0.717, 1.165) is 56.2 Å². The van der Waals surface area contributed by atoms with Crippen molar-refractivity contribution in [2.75, 3.05) is 51.3 Å². The molecule has 0 aliphatic carbocycles. The number of benzene rings is 2. The number of aromatic nitrogens is 2. The first kappa shape index (κ1) is 20.2. The van der Waals surface area contributed by atoms with Gasteiger partial charge >= 0.3 is 0 Å². The highest BCUT2D eigenvalue weighted by atomic mass is 16.5. The molecular formula is C23H28N4O3. The number of anilines is 1. The molecule has 1 aliphatic heterocycles. The predicted octanol–water partition coefficient (Wildman–Crippen LogP) is 3.64. The molecule has 0 amide bonds. The van der Waals surface area contributed by atoms with Gasteiger partial charge in [-0.3, -0.25) is 4.90 Å². The first-order chi connectivity index (χ1) is 14.7. The summed E-state index contributed by atoms with van der Waals surface area (Å²) >= 11 is 0. The van der Waals surface area contributed by atoms with Crippen LogP contribution in [0.5, 0.6) is 11.5 Å². The van der Waals surface area contributed by atoms with Gasteiger partial charge in [0.15, 0.2) is 0 Å². The van der Waals surface area contributed by atoms with Crippen LogP contribution in [-0.2, 0) is 0 Å².